The summed E-state index contributed by atoms with van der Waals surface area (Å²) in [5, 5.41) is 0.814. The van der Waals surface area contributed by atoms with Crippen LogP contribution in [-0.2, 0) is 10.2 Å². The van der Waals surface area contributed by atoms with Gasteiger partial charge in [0, 0.05) is 36.7 Å². The van der Waals surface area contributed by atoms with Crippen molar-refractivity contribution in [3.8, 4) is 0 Å². The third kappa shape index (κ3) is 4.31. The number of halogens is 2. The summed E-state index contributed by atoms with van der Waals surface area (Å²) in [6.45, 7) is 2.17. The molecular weight excluding hydrogens is 425 g/mol. The van der Waals surface area contributed by atoms with Gasteiger partial charge in [0.2, 0.25) is 0 Å². The Bertz CT molecular complexity index is 557. The summed E-state index contributed by atoms with van der Waals surface area (Å²) in [5.74, 6) is 0.639. The highest BCUT2D eigenvalue weighted by molar-refractivity contribution is 14.0. The van der Waals surface area contributed by atoms with E-state index in [1.54, 1.807) is 0 Å². The maximum atomic E-state index is 6.45. The number of nitrogens with zero attached hydrogens (tertiary/aromatic N) is 2. The lowest BCUT2D eigenvalue weighted by molar-refractivity contribution is 0.0531. The molecule has 0 atom stereocenters. The molecule has 0 unspecified atom stereocenters. The van der Waals surface area contributed by atoms with Crippen LogP contribution in [0.5, 0.6) is 0 Å². The molecule has 0 radical (unpaired) electrons. The number of rotatable bonds is 4. The smallest absolute Gasteiger partial charge is 0.191 e. The van der Waals surface area contributed by atoms with Gasteiger partial charge >= 0.3 is 0 Å². The van der Waals surface area contributed by atoms with Crippen molar-refractivity contribution in [2.75, 3.05) is 26.8 Å². The minimum absolute atomic E-state index is 0. The standard InChI is InChI=1S/C17H24ClN3O.HI/c1-21(13-6-7-13)16(19)20-12-17(8-10-22-11-9-17)14-4-2-3-5-15(14)18;/h2-5,13H,6-12H2,1H3,(H2,19,20);1H. The molecule has 0 aromatic heterocycles. The average molecular weight is 450 g/mol. The maximum Gasteiger partial charge on any atom is 0.191 e. The highest BCUT2D eigenvalue weighted by Gasteiger charge is 2.36. The normalized spacial score (nSPS) is 20.7. The SMILES string of the molecule is CN(C(N)=NCC1(c2ccccc2Cl)CCOCC1)C1CC1.I. The van der Waals surface area contributed by atoms with Crippen LogP contribution in [0.1, 0.15) is 31.2 Å². The highest BCUT2D eigenvalue weighted by atomic mass is 127. The minimum Gasteiger partial charge on any atom is -0.381 e. The molecule has 6 heteroatoms. The molecule has 1 aromatic rings. The van der Waals surface area contributed by atoms with Gasteiger partial charge in [-0.25, -0.2) is 0 Å². The molecule has 1 aliphatic carbocycles. The molecule has 23 heavy (non-hydrogen) atoms. The molecule has 2 aliphatic rings. The van der Waals surface area contributed by atoms with E-state index < -0.39 is 0 Å². The zero-order chi connectivity index (χ0) is 15.6. The summed E-state index contributed by atoms with van der Waals surface area (Å²) in [4.78, 5) is 6.80. The fraction of sp³-hybridized carbons (Fsp3) is 0.588. The van der Waals surface area contributed by atoms with Crippen molar-refractivity contribution < 1.29 is 4.74 Å². The van der Waals surface area contributed by atoms with E-state index >= 15 is 0 Å². The van der Waals surface area contributed by atoms with E-state index in [2.05, 4.69) is 11.0 Å². The molecular formula is C17H25ClIN3O. The van der Waals surface area contributed by atoms with Gasteiger partial charge in [-0.05, 0) is 37.3 Å². The number of ether oxygens (including phenoxy) is 1. The maximum absolute atomic E-state index is 6.45. The third-order valence-corrected chi connectivity index (χ3v) is 5.22. The summed E-state index contributed by atoms with van der Waals surface area (Å²) in [7, 11) is 2.03. The Morgan fingerprint density at radius 2 is 2.00 bits per heavy atom. The molecule has 2 N–H and O–H groups in total. The first kappa shape index (κ1) is 18.8. The van der Waals surface area contributed by atoms with Crippen LogP contribution in [-0.4, -0.2) is 43.7 Å². The second-order valence-electron chi connectivity index (χ2n) is 6.39. The van der Waals surface area contributed by atoms with E-state index in [1.165, 1.54) is 18.4 Å². The van der Waals surface area contributed by atoms with Crippen molar-refractivity contribution in [1.82, 2.24) is 4.90 Å². The number of benzene rings is 1. The topological polar surface area (TPSA) is 50.8 Å². The van der Waals surface area contributed by atoms with Gasteiger partial charge in [0.25, 0.3) is 0 Å². The molecule has 3 rings (SSSR count). The molecule has 1 saturated carbocycles. The van der Waals surface area contributed by atoms with Crippen LogP contribution in [0.25, 0.3) is 0 Å². The lowest BCUT2D eigenvalue weighted by atomic mass is 9.74. The number of hydrogen-bond acceptors (Lipinski definition) is 2. The van der Waals surface area contributed by atoms with Crippen LogP contribution in [0, 0.1) is 0 Å². The van der Waals surface area contributed by atoms with Gasteiger partial charge in [-0.3, -0.25) is 4.99 Å². The molecule has 128 valence electrons. The highest BCUT2D eigenvalue weighted by Crippen LogP contribution is 2.39. The molecule has 0 bridgehead atoms. The van der Waals surface area contributed by atoms with Crippen LogP contribution in [0.4, 0.5) is 0 Å². The van der Waals surface area contributed by atoms with Crippen molar-refractivity contribution in [2.45, 2.75) is 37.1 Å². The van der Waals surface area contributed by atoms with Crippen LogP contribution in [0.15, 0.2) is 29.3 Å². The van der Waals surface area contributed by atoms with E-state index in [1.807, 2.05) is 25.2 Å². The minimum atomic E-state index is -0.0639. The van der Waals surface area contributed by atoms with E-state index in [-0.39, 0.29) is 29.4 Å². The Kier molecular flexibility index (Phi) is 6.57. The van der Waals surface area contributed by atoms with E-state index in [0.29, 0.717) is 18.5 Å². The van der Waals surface area contributed by atoms with Gasteiger partial charge in [-0.1, -0.05) is 29.8 Å². The molecule has 1 aromatic carbocycles. The summed E-state index contributed by atoms with van der Waals surface area (Å²) in [6, 6.07) is 8.66. The van der Waals surface area contributed by atoms with Gasteiger partial charge in [-0.2, -0.15) is 0 Å². The van der Waals surface area contributed by atoms with Gasteiger partial charge in [0.05, 0.1) is 6.54 Å². The summed E-state index contributed by atoms with van der Waals surface area (Å²) in [5.41, 5.74) is 7.27. The quantitative estimate of drug-likeness (QED) is 0.435. The first-order valence-corrected chi connectivity index (χ1v) is 8.36. The van der Waals surface area contributed by atoms with E-state index in [4.69, 9.17) is 27.1 Å². The van der Waals surface area contributed by atoms with Crippen molar-refractivity contribution in [3.63, 3.8) is 0 Å². The summed E-state index contributed by atoms with van der Waals surface area (Å²) < 4.78 is 5.56. The Balaban J connectivity index is 0.00000192. The van der Waals surface area contributed by atoms with Crippen LogP contribution in [0.2, 0.25) is 5.02 Å². The van der Waals surface area contributed by atoms with Crippen molar-refractivity contribution in [3.05, 3.63) is 34.9 Å². The van der Waals surface area contributed by atoms with Crippen molar-refractivity contribution in [2.24, 2.45) is 10.7 Å². The van der Waals surface area contributed by atoms with Gasteiger partial charge in [-0.15, -0.1) is 24.0 Å². The summed E-state index contributed by atoms with van der Waals surface area (Å²) >= 11 is 6.45. The molecule has 0 spiro atoms. The average Bonchev–Trinajstić information content (AvgIpc) is 3.38. The van der Waals surface area contributed by atoms with E-state index in [9.17, 15) is 0 Å². The number of nitrogens with two attached hydrogens (primary N) is 1. The Labute approximate surface area is 160 Å². The zero-order valence-corrected chi connectivity index (χ0v) is 16.6. The third-order valence-electron chi connectivity index (χ3n) is 4.89. The second-order valence-corrected chi connectivity index (χ2v) is 6.80. The lowest BCUT2D eigenvalue weighted by Crippen LogP contribution is -2.40. The van der Waals surface area contributed by atoms with Crippen LogP contribution in [0.3, 0.4) is 0 Å². The molecule has 1 saturated heterocycles. The first-order valence-electron chi connectivity index (χ1n) is 7.98. The molecule has 2 fully saturated rings. The monoisotopic (exact) mass is 449 g/mol. The largest absolute Gasteiger partial charge is 0.381 e. The Morgan fingerprint density at radius 1 is 1.35 bits per heavy atom. The second kappa shape index (κ2) is 8.03. The molecule has 1 aliphatic heterocycles. The Hall–Kier alpha value is -0.530. The number of aliphatic imine (C=N–C) groups is 1. The summed E-state index contributed by atoms with van der Waals surface area (Å²) in [6.07, 6.45) is 4.30. The predicted molar refractivity (Wildman–Crippen MR) is 106 cm³/mol. The molecule has 0 amide bonds. The van der Waals surface area contributed by atoms with Gasteiger partial charge in [0.15, 0.2) is 5.96 Å². The number of guanidine groups is 1. The van der Waals surface area contributed by atoms with Gasteiger partial charge < -0.3 is 15.4 Å². The first-order chi connectivity index (χ1) is 10.6. The van der Waals surface area contributed by atoms with Gasteiger partial charge in [0.1, 0.15) is 0 Å². The van der Waals surface area contributed by atoms with Crippen LogP contribution < -0.4 is 5.73 Å². The van der Waals surface area contributed by atoms with Crippen LogP contribution >= 0.6 is 35.6 Å². The molecule has 4 nitrogen and oxygen atoms in total. The predicted octanol–water partition coefficient (Wildman–Crippen LogP) is 3.42. The fourth-order valence-electron chi connectivity index (χ4n) is 3.16. The molecule has 1 heterocycles. The van der Waals surface area contributed by atoms with Crippen molar-refractivity contribution in [1.29, 1.82) is 0 Å². The number of hydrogen-bond donors (Lipinski definition) is 1. The van der Waals surface area contributed by atoms with E-state index in [0.717, 1.165) is 31.1 Å². The fourth-order valence-corrected chi connectivity index (χ4v) is 3.49. The lowest BCUT2D eigenvalue weighted by Gasteiger charge is -2.37. The Morgan fingerprint density at radius 3 is 2.61 bits per heavy atom. The van der Waals surface area contributed by atoms with Crippen molar-refractivity contribution >= 4 is 41.5 Å². The zero-order valence-electron chi connectivity index (χ0n) is 13.5.